The van der Waals surface area contributed by atoms with Crippen LogP contribution in [0.15, 0.2) is 48.5 Å². The molecule has 0 aromatic heterocycles. The quantitative estimate of drug-likeness (QED) is 0.783. The lowest BCUT2D eigenvalue weighted by molar-refractivity contribution is -0.136. The molecule has 0 aliphatic rings. The third kappa shape index (κ3) is 4.07. The van der Waals surface area contributed by atoms with Gasteiger partial charge in [0.15, 0.2) is 0 Å². The molecule has 0 fully saturated rings. The van der Waals surface area contributed by atoms with Crippen LogP contribution in [0.4, 0.5) is 0 Å². The number of aliphatic carboxylic acids is 1. The number of hydrogen-bond acceptors (Lipinski definition) is 3. The molecule has 5 heteroatoms. The van der Waals surface area contributed by atoms with E-state index in [-0.39, 0.29) is 24.6 Å². The molecule has 108 valence electrons. The van der Waals surface area contributed by atoms with E-state index in [1.54, 1.807) is 36.4 Å². The first-order chi connectivity index (χ1) is 10.1. The van der Waals surface area contributed by atoms with Crippen LogP contribution < -0.4 is 5.32 Å². The van der Waals surface area contributed by atoms with Crippen molar-refractivity contribution in [2.45, 2.75) is 13.0 Å². The molecule has 0 radical (unpaired) electrons. The number of carbonyl (C=O) groups is 2. The molecule has 2 rings (SSSR count). The van der Waals surface area contributed by atoms with Crippen molar-refractivity contribution >= 4 is 11.9 Å². The monoisotopic (exact) mass is 285 g/mol. The van der Waals surface area contributed by atoms with Crippen molar-refractivity contribution in [2.75, 3.05) is 0 Å². The number of carboxylic acids is 1. The lowest BCUT2D eigenvalue weighted by Gasteiger charge is -2.09. The highest BCUT2D eigenvalue weighted by molar-refractivity contribution is 5.94. The van der Waals surface area contributed by atoms with Gasteiger partial charge < -0.3 is 15.5 Å². The standard InChI is InChI=1S/C16H15NO4/c18-14-7-3-6-12(8-14)16(21)17-10-13-5-2-1-4-11(13)9-15(19)20/h1-8,18H,9-10H2,(H,17,21)(H,19,20). The summed E-state index contributed by atoms with van der Waals surface area (Å²) < 4.78 is 0. The lowest BCUT2D eigenvalue weighted by atomic mass is 10.0. The van der Waals surface area contributed by atoms with E-state index in [1.165, 1.54) is 12.1 Å². The Labute approximate surface area is 121 Å². The Kier molecular flexibility index (Phi) is 4.56. The highest BCUT2D eigenvalue weighted by atomic mass is 16.4. The second kappa shape index (κ2) is 6.56. The van der Waals surface area contributed by atoms with E-state index >= 15 is 0 Å². The lowest BCUT2D eigenvalue weighted by Crippen LogP contribution is -2.23. The largest absolute Gasteiger partial charge is 0.508 e. The number of benzene rings is 2. The third-order valence-corrected chi connectivity index (χ3v) is 3.01. The van der Waals surface area contributed by atoms with E-state index in [4.69, 9.17) is 5.11 Å². The Hall–Kier alpha value is -2.82. The number of aromatic hydroxyl groups is 1. The normalized spacial score (nSPS) is 10.1. The van der Waals surface area contributed by atoms with E-state index < -0.39 is 5.97 Å². The van der Waals surface area contributed by atoms with Crippen LogP contribution in [0.25, 0.3) is 0 Å². The predicted octanol–water partition coefficient (Wildman–Crippen LogP) is 1.95. The Morgan fingerprint density at radius 1 is 1.00 bits per heavy atom. The Morgan fingerprint density at radius 2 is 1.71 bits per heavy atom. The van der Waals surface area contributed by atoms with Gasteiger partial charge in [-0.05, 0) is 29.3 Å². The highest BCUT2D eigenvalue weighted by Gasteiger charge is 2.09. The smallest absolute Gasteiger partial charge is 0.307 e. The molecule has 21 heavy (non-hydrogen) atoms. The van der Waals surface area contributed by atoms with Crippen LogP contribution >= 0.6 is 0 Å². The van der Waals surface area contributed by atoms with Crippen LogP contribution in [-0.2, 0) is 17.8 Å². The molecule has 0 bridgehead atoms. The molecule has 0 spiro atoms. The van der Waals surface area contributed by atoms with Crippen LogP contribution in [0, 0.1) is 0 Å². The fourth-order valence-corrected chi connectivity index (χ4v) is 1.99. The number of hydrogen-bond donors (Lipinski definition) is 3. The molecule has 2 aromatic rings. The van der Waals surface area contributed by atoms with Crippen LogP contribution in [-0.4, -0.2) is 22.1 Å². The molecular formula is C16H15NO4. The summed E-state index contributed by atoms with van der Waals surface area (Å²) in [7, 11) is 0. The first-order valence-electron chi connectivity index (χ1n) is 6.42. The summed E-state index contributed by atoms with van der Waals surface area (Å²) in [6.07, 6.45) is -0.0851. The van der Waals surface area contributed by atoms with Crippen molar-refractivity contribution in [2.24, 2.45) is 0 Å². The van der Waals surface area contributed by atoms with Crippen molar-refractivity contribution < 1.29 is 19.8 Å². The number of nitrogens with one attached hydrogen (secondary N) is 1. The van der Waals surface area contributed by atoms with Crippen molar-refractivity contribution in [3.05, 3.63) is 65.2 Å². The first kappa shape index (κ1) is 14.6. The minimum absolute atomic E-state index is 0.0222. The van der Waals surface area contributed by atoms with Gasteiger partial charge in [-0.1, -0.05) is 30.3 Å². The van der Waals surface area contributed by atoms with Crippen LogP contribution in [0.2, 0.25) is 0 Å². The summed E-state index contributed by atoms with van der Waals surface area (Å²) in [6, 6.07) is 13.1. The molecule has 0 saturated carbocycles. The summed E-state index contributed by atoms with van der Waals surface area (Å²) in [5.41, 5.74) is 1.78. The van der Waals surface area contributed by atoms with Crippen molar-refractivity contribution in [1.82, 2.24) is 5.32 Å². The van der Waals surface area contributed by atoms with E-state index in [0.717, 1.165) is 5.56 Å². The Morgan fingerprint density at radius 3 is 2.38 bits per heavy atom. The fourth-order valence-electron chi connectivity index (χ4n) is 1.99. The number of rotatable bonds is 5. The summed E-state index contributed by atoms with van der Waals surface area (Å²) in [4.78, 5) is 22.8. The van der Waals surface area contributed by atoms with E-state index in [0.29, 0.717) is 11.1 Å². The van der Waals surface area contributed by atoms with E-state index in [1.807, 2.05) is 0 Å². The molecule has 0 atom stereocenters. The zero-order chi connectivity index (χ0) is 15.2. The number of amides is 1. The second-order valence-electron chi connectivity index (χ2n) is 4.57. The predicted molar refractivity (Wildman–Crippen MR) is 77.1 cm³/mol. The average Bonchev–Trinajstić information content (AvgIpc) is 2.45. The van der Waals surface area contributed by atoms with Gasteiger partial charge in [-0.2, -0.15) is 0 Å². The maximum absolute atomic E-state index is 12.0. The molecule has 5 nitrogen and oxygen atoms in total. The van der Waals surface area contributed by atoms with Crippen LogP contribution in [0.1, 0.15) is 21.5 Å². The molecule has 1 amide bonds. The van der Waals surface area contributed by atoms with Gasteiger partial charge in [0, 0.05) is 12.1 Å². The number of phenols is 1. The van der Waals surface area contributed by atoms with Crippen LogP contribution in [0.5, 0.6) is 5.75 Å². The summed E-state index contributed by atoms with van der Waals surface area (Å²) in [5.74, 6) is -1.22. The first-order valence-corrected chi connectivity index (χ1v) is 6.42. The highest BCUT2D eigenvalue weighted by Crippen LogP contribution is 2.12. The third-order valence-electron chi connectivity index (χ3n) is 3.01. The van der Waals surface area contributed by atoms with E-state index in [2.05, 4.69) is 5.32 Å². The van der Waals surface area contributed by atoms with Crippen molar-refractivity contribution in [1.29, 1.82) is 0 Å². The topological polar surface area (TPSA) is 86.6 Å². The molecule has 0 heterocycles. The average molecular weight is 285 g/mol. The van der Waals surface area contributed by atoms with Crippen LogP contribution in [0.3, 0.4) is 0 Å². The molecular weight excluding hydrogens is 270 g/mol. The van der Waals surface area contributed by atoms with Gasteiger partial charge in [0.2, 0.25) is 0 Å². The Bertz CT molecular complexity index is 667. The summed E-state index contributed by atoms with van der Waals surface area (Å²) >= 11 is 0. The van der Waals surface area contributed by atoms with Crippen molar-refractivity contribution in [3.63, 3.8) is 0 Å². The Balaban J connectivity index is 2.06. The zero-order valence-electron chi connectivity index (χ0n) is 11.2. The molecule has 0 saturated heterocycles. The maximum atomic E-state index is 12.0. The van der Waals surface area contributed by atoms with Crippen molar-refractivity contribution in [3.8, 4) is 5.75 Å². The number of carbonyl (C=O) groups excluding carboxylic acids is 1. The van der Waals surface area contributed by atoms with Gasteiger partial charge in [0.1, 0.15) is 5.75 Å². The SMILES string of the molecule is O=C(O)Cc1ccccc1CNC(=O)c1cccc(O)c1. The molecule has 3 N–H and O–H groups in total. The van der Waals surface area contributed by atoms with Gasteiger partial charge in [0.25, 0.3) is 5.91 Å². The second-order valence-corrected chi connectivity index (χ2v) is 4.57. The minimum Gasteiger partial charge on any atom is -0.508 e. The maximum Gasteiger partial charge on any atom is 0.307 e. The molecule has 0 aliphatic heterocycles. The van der Waals surface area contributed by atoms with Gasteiger partial charge >= 0.3 is 5.97 Å². The van der Waals surface area contributed by atoms with Gasteiger partial charge in [0.05, 0.1) is 6.42 Å². The van der Waals surface area contributed by atoms with E-state index in [9.17, 15) is 14.7 Å². The fraction of sp³-hybridized carbons (Fsp3) is 0.125. The van der Waals surface area contributed by atoms with Gasteiger partial charge in [-0.15, -0.1) is 0 Å². The molecule has 0 aliphatic carbocycles. The minimum atomic E-state index is -0.915. The molecule has 0 unspecified atom stereocenters. The summed E-state index contributed by atoms with van der Waals surface area (Å²) in [6.45, 7) is 0.234. The molecule has 2 aromatic carbocycles. The number of phenolic OH excluding ortho intramolecular Hbond substituents is 1. The zero-order valence-corrected chi connectivity index (χ0v) is 11.2. The summed E-state index contributed by atoms with van der Waals surface area (Å²) in [5, 5.41) is 20.9. The number of carboxylic acid groups (broad SMARTS) is 1. The van der Waals surface area contributed by atoms with Gasteiger partial charge in [-0.25, -0.2) is 0 Å². The van der Waals surface area contributed by atoms with Gasteiger partial charge in [-0.3, -0.25) is 9.59 Å².